The first-order valence-corrected chi connectivity index (χ1v) is 11.1. The molecule has 0 amide bonds. The predicted octanol–water partition coefficient (Wildman–Crippen LogP) is 2.32. The second-order valence-corrected chi connectivity index (χ2v) is 9.83. The molecule has 2 aromatic rings. The molecule has 130 valence electrons. The SMILES string of the molecule is Cc1nc(NC2CCCN(S(C)(=O)=O)C2)c2c3c(sc2n1)CCC3. The summed E-state index contributed by atoms with van der Waals surface area (Å²) in [4.78, 5) is 11.8. The maximum atomic E-state index is 11.8. The van der Waals surface area contributed by atoms with E-state index in [1.54, 1.807) is 15.6 Å². The van der Waals surface area contributed by atoms with Gasteiger partial charge in [0.2, 0.25) is 10.0 Å². The lowest BCUT2D eigenvalue weighted by atomic mass is 10.1. The number of anilines is 1. The monoisotopic (exact) mass is 366 g/mol. The van der Waals surface area contributed by atoms with Crippen LogP contribution in [0, 0.1) is 6.92 Å². The number of nitrogens with zero attached hydrogens (tertiary/aromatic N) is 3. The highest BCUT2D eigenvalue weighted by Gasteiger charge is 2.28. The van der Waals surface area contributed by atoms with Crippen molar-refractivity contribution in [1.82, 2.24) is 14.3 Å². The minimum Gasteiger partial charge on any atom is -0.365 e. The van der Waals surface area contributed by atoms with Gasteiger partial charge in [-0.3, -0.25) is 0 Å². The van der Waals surface area contributed by atoms with Crippen LogP contribution < -0.4 is 5.32 Å². The first kappa shape index (κ1) is 16.2. The molecule has 2 aliphatic rings. The molecule has 8 heteroatoms. The summed E-state index contributed by atoms with van der Waals surface area (Å²) in [5.74, 6) is 1.65. The van der Waals surface area contributed by atoms with Gasteiger partial charge >= 0.3 is 0 Å². The van der Waals surface area contributed by atoms with Crippen LogP contribution in [0.3, 0.4) is 0 Å². The molecule has 0 radical (unpaired) electrons. The van der Waals surface area contributed by atoms with E-state index in [1.807, 2.05) is 6.92 Å². The summed E-state index contributed by atoms with van der Waals surface area (Å²) < 4.78 is 25.2. The van der Waals surface area contributed by atoms with Crippen molar-refractivity contribution in [2.75, 3.05) is 24.7 Å². The van der Waals surface area contributed by atoms with Gasteiger partial charge in [0, 0.05) is 24.0 Å². The minimum absolute atomic E-state index is 0.0999. The maximum Gasteiger partial charge on any atom is 0.211 e. The lowest BCUT2D eigenvalue weighted by Crippen LogP contribution is -2.44. The molecule has 24 heavy (non-hydrogen) atoms. The van der Waals surface area contributed by atoms with E-state index in [1.165, 1.54) is 23.1 Å². The van der Waals surface area contributed by atoms with E-state index in [4.69, 9.17) is 0 Å². The Morgan fingerprint density at radius 2 is 2.08 bits per heavy atom. The number of nitrogens with one attached hydrogen (secondary N) is 1. The summed E-state index contributed by atoms with van der Waals surface area (Å²) in [5.41, 5.74) is 1.40. The van der Waals surface area contributed by atoms with Crippen LogP contribution in [0.4, 0.5) is 5.82 Å². The van der Waals surface area contributed by atoms with Crippen LogP contribution in [0.2, 0.25) is 0 Å². The van der Waals surface area contributed by atoms with Gasteiger partial charge in [-0.15, -0.1) is 11.3 Å². The first-order valence-electron chi connectivity index (χ1n) is 8.42. The summed E-state index contributed by atoms with van der Waals surface area (Å²) in [7, 11) is -3.14. The van der Waals surface area contributed by atoms with Crippen molar-refractivity contribution < 1.29 is 8.42 Å². The van der Waals surface area contributed by atoms with Gasteiger partial charge in [0.1, 0.15) is 16.5 Å². The molecule has 1 saturated heterocycles. The van der Waals surface area contributed by atoms with Gasteiger partial charge in [-0.1, -0.05) is 0 Å². The Morgan fingerprint density at radius 1 is 1.25 bits per heavy atom. The van der Waals surface area contributed by atoms with Crippen LogP contribution >= 0.6 is 11.3 Å². The number of thiophene rings is 1. The largest absolute Gasteiger partial charge is 0.365 e. The number of fused-ring (bicyclic) bond motifs is 3. The van der Waals surface area contributed by atoms with E-state index in [0.29, 0.717) is 13.1 Å². The van der Waals surface area contributed by atoms with Crippen LogP contribution in [0.25, 0.3) is 10.2 Å². The van der Waals surface area contributed by atoms with Crippen molar-refractivity contribution in [3.63, 3.8) is 0 Å². The van der Waals surface area contributed by atoms with Gasteiger partial charge in [0.25, 0.3) is 0 Å². The van der Waals surface area contributed by atoms with E-state index >= 15 is 0 Å². The lowest BCUT2D eigenvalue weighted by Gasteiger charge is -2.31. The summed E-state index contributed by atoms with van der Waals surface area (Å²) in [6, 6.07) is 0.0999. The number of aromatic nitrogens is 2. The van der Waals surface area contributed by atoms with Crippen LogP contribution in [0.15, 0.2) is 0 Å². The molecule has 0 aromatic carbocycles. The van der Waals surface area contributed by atoms with Crippen molar-refractivity contribution in [2.24, 2.45) is 0 Å². The third kappa shape index (κ3) is 2.91. The molecule has 0 spiro atoms. The Morgan fingerprint density at radius 3 is 2.88 bits per heavy atom. The normalized spacial score (nSPS) is 22.0. The summed E-state index contributed by atoms with van der Waals surface area (Å²) in [6.45, 7) is 3.04. The maximum absolute atomic E-state index is 11.8. The van der Waals surface area contributed by atoms with Gasteiger partial charge in [-0.25, -0.2) is 22.7 Å². The van der Waals surface area contributed by atoms with E-state index in [9.17, 15) is 8.42 Å². The van der Waals surface area contributed by atoms with Gasteiger partial charge in [-0.2, -0.15) is 0 Å². The summed E-state index contributed by atoms with van der Waals surface area (Å²) >= 11 is 1.78. The van der Waals surface area contributed by atoms with Gasteiger partial charge in [-0.05, 0) is 44.6 Å². The molecular formula is C16H22N4O2S2. The third-order valence-corrected chi connectivity index (χ3v) is 7.33. The Hall–Kier alpha value is -1.25. The zero-order chi connectivity index (χ0) is 16.9. The minimum atomic E-state index is -3.14. The van der Waals surface area contributed by atoms with Gasteiger partial charge < -0.3 is 5.32 Å². The standard InChI is InChI=1S/C16H22N4O2S2/c1-10-17-15(14-12-6-3-7-13(12)23-16(14)18-10)19-11-5-4-8-20(9-11)24(2,21)22/h11H,3-9H2,1-2H3,(H,17,18,19). The number of sulfonamides is 1. The van der Waals surface area contributed by atoms with Crippen LogP contribution in [0.1, 0.15) is 35.5 Å². The molecule has 0 saturated carbocycles. The summed E-state index contributed by atoms with van der Waals surface area (Å²) in [5, 5.41) is 4.69. The van der Waals surface area contributed by atoms with Crippen molar-refractivity contribution in [2.45, 2.75) is 45.1 Å². The van der Waals surface area contributed by atoms with Crippen molar-refractivity contribution in [3.05, 3.63) is 16.3 Å². The highest BCUT2D eigenvalue weighted by atomic mass is 32.2. The zero-order valence-corrected chi connectivity index (χ0v) is 15.6. The third-order valence-electron chi connectivity index (χ3n) is 4.87. The van der Waals surface area contributed by atoms with Crippen molar-refractivity contribution in [3.8, 4) is 0 Å². The zero-order valence-electron chi connectivity index (χ0n) is 14.0. The van der Waals surface area contributed by atoms with Crippen LogP contribution in [-0.2, 0) is 22.9 Å². The second-order valence-electron chi connectivity index (χ2n) is 6.76. The number of rotatable bonds is 3. The molecule has 2 aromatic heterocycles. The van der Waals surface area contributed by atoms with E-state index in [0.717, 1.165) is 47.5 Å². The van der Waals surface area contributed by atoms with Gasteiger partial charge in [0.15, 0.2) is 0 Å². The molecule has 1 N–H and O–H groups in total. The van der Waals surface area contributed by atoms with E-state index in [-0.39, 0.29) is 6.04 Å². The highest BCUT2D eigenvalue weighted by molar-refractivity contribution is 7.88. The average Bonchev–Trinajstić information content (AvgIpc) is 3.06. The summed E-state index contributed by atoms with van der Waals surface area (Å²) in [6.07, 6.45) is 6.56. The molecule has 1 aliphatic heterocycles. The second kappa shape index (κ2) is 5.93. The number of piperidine rings is 1. The topological polar surface area (TPSA) is 75.2 Å². The Labute approximate surface area is 146 Å². The Bertz CT molecular complexity index is 891. The molecule has 1 aliphatic carbocycles. The first-order chi connectivity index (χ1) is 11.4. The van der Waals surface area contributed by atoms with Gasteiger partial charge in [0.05, 0.1) is 11.6 Å². The molecular weight excluding hydrogens is 344 g/mol. The van der Waals surface area contributed by atoms with Crippen LogP contribution in [-0.4, -0.2) is 48.1 Å². The van der Waals surface area contributed by atoms with Crippen molar-refractivity contribution in [1.29, 1.82) is 0 Å². The Balaban J connectivity index is 1.67. The smallest absolute Gasteiger partial charge is 0.211 e. The molecule has 3 heterocycles. The van der Waals surface area contributed by atoms with Crippen LogP contribution in [0.5, 0.6) is 0 Å². The molecule has 1 atom stereocenters. The Kier molecular flexibility index (Phi) is 4.01. The molecule has 0 bridgehead atoms. The number of hydrogen-bond donors (Lipinski definition) is 1. The average molecular weight is 367 g/mol. The highest BCUT2D eigenvalue weighted by Crippen LogP contribution is 2.39. The quantitative estimate of drug-likeness (QED) is 0.902. The fourth-order valence-corrected chi connectivity index (χ4v) is 5.98. The number of aryl methyl sites for hydroxylation is 3. The molecule has 4 rings (SSSR count). The van der Waals surface area contributed by atoms with E-state index in [2.05, 4.69) is 15.3 Å². The molecule has 6 nitrogen and oxygen atoms in total. The fourth-order valence-electron chi connectivity index (χ4n) is 3.76. The van der Waals surface area contributed by atoms with Crippen molar-refractivity contribution >= 4 is 37.4 Å². The van der Waals surface area contributed by atoms with E-state index < -0.39 is 10.0 Å². The molecule has 1 fully saturated rings. The predicted molar refractivity (Wildman–Crippen MR) is 97.2 cm³/mol. The molecule has 1 unspecified atom stereocenters. The lowest BCUT2D eigenvalue weighted by molar-refractivity contribution is 0.329. The number of hydrogen-bond acceptors (Lipinski definition) is 6. The fraction of sp³-hybridized carbons (Fsp3) is 0.625.